The first-order valence-electron chi connectivity index (χ1n) is 5.83. The average Bonchev–Trinajstić information content (AvgIpc) is 2.42. The van der Waals surface area contributed by atoms with Gasteiger partial charge in [0.2, 0.25) is 11.8 Å². The highest BCUT2D eigenvalue weighted by Gasteiger charge is 2.51. The molecule has 4 atom stereocenters. The largest absolute Gasteiger partial charge is 0.468 e. The van der Waals surface area contributed by atoms with Crippen molar-refractivity contribution in [2.45, 2.75) is 31.9 Å². The molecule has 0 radical (unpaired) electrons. The third kappa shape index (κ3) is 4.65. The molecule has 0 aromatic heterocycles. The first kappa shape index (κ1) is 20.5. The molecule has 0 saturated heterocycles. The Morgan fingerprint density at radius 3 is 1.32 bits per heavy atom. The molecule has 0 aliphatic carbocycles. The van der Waals surface area contributed by atoms with Crippen LogP contribution < -0.4 is 0 Å². The summed E-state index contributed by atoms with van der Waals surface area (Å²) in [5.41, 5.74) is 0. The van der Waals surface area contributed by atoms with Gasteiger partial charge in [0.1, 0.15) is 12.1 Å². The third-order valence-electron chi connectivity index (χ3n) is 2.95. The normalized spacial score (nSPS) is 32.4. The molecule has 2 aliphatic rings. The zero-order valence-electron chi connectivity index (χ0n) is 10.5. The topological polar surface area (TPSA) is 43.2 Å². The second kappa shape index (κ2) is 7.80. The van der Waals surface area contributed by atoms with Crippen molar-refractivity contribution in [1.29, 1.82) is 0 Å². The lowest BCUT2D eigenvalue weighted by molar-refractivity contribution is -0.0134. The van der Waals surface area contributed by atoms with E-state index >= 15 is 0 Å². The van der Waals surface area contributed by atoms with Gasteiger partial charge in [-0.25, -0.2) is 9.98 Å². The zero-order chi connectivity index (χ0) is 16.7. The number of rotatable bonds is 2. The first-order chi connectivity index (χ1) is 10.1. The highest BCUT2D eigenvalue weighted by Crippen LogP contribution is 2.39. The number of ether oxygens (including phenoxy) is 2. The molecule has 22 heavy (non-hydrogen) atoms. The predicted octanol–water partition coefficient (Wildman–Crippen LogP) is 4.93. The minimum absolute atomic E-state index is 0.0337. The molecule has 0 spiro atoms. The van der Waals surface area contributed by atoms with E-state index in [-0.39, 0.29) is 23.9 Å². The smallest absolute Gasteiger partial charge is 0.266 e. The summed E-state index contributed by atoms with van der Waals surface area (Å²) in [6.45, 7) is 0. The van der Waals surface area contributed by atoms with Crippen molar-refractivity contribution < 1.29 is 9.47 Å². The number of halogens is 8. The van der Waals surface area contributed by atoms with Gasteiger partial charge in [-0.3, -0.25) is 0 Å². The van der Waals surface area contributed by atoms with Crippen LogP contribution >= 0.6 is 115 Å². The molecule has 2 rings (SSSR count). The fourth-order valence-corrected chi connectivity index (χ4v) is 3.98. The Balaban J connectivity index is 2.37. The molecular weight excluding hydrogens is 647 g/mol. The van der Waals surface area contributed by atoms with Crippen molar-refractivity contribution in [2.24, 2.45) is 9.98 Å². The van der Waals surface area contributed by atoms with Crippen LogP contribution in [-0.2, 0) is 9.47 Å². The highest BCUT2D eigenvalue weighted by molar-refractivity contribution is 14.1. The van der Waals surface area contributed by atoms with Gasteiger partial charge in [-0.05, 0) is 0 Å². The Morgan fingerprint density at radius 2 is 1.09 bits per heavy atom. The van der Waals surface area contributed by atoms with Crippen molar-refractivity contribution in [3.63, 3.8) is 0 Å². The molecule has 12 heteroatoms. The molecule has 0 amide bonds. The van der Waals surface area contributed by atoms with E-state index in [0.717, 1.165) is 0 Å². The zero-order valence-corrected chi connectivity index (χ0v) is 19.3. The van der Waals surface area contributed by atoms with Gasteiger partial charge in [0.25, 0.3) is 7.59 Å². The van der Waals surface area contributed by atoms with Crippen LogP contribution in [0.5, 0.6) is 0 Å². The lowest BCUT2D eigenvalue weighted by Crippen LogP contribution is -2.58. The lowest BCUT2D eigenvalue weighted by Gasteiger charge is -2.43. The molecule has 0 fully saturated rings. The van der Waals surface area contributed by atoms with E-state index in [2.05, 4.69) is 55.2 Å². The summed E-state index contributed by atoms with van der Waals surface area (Å²) in [6.07, 6.45) is -0.924. The maximum absolute atomic E-state index is 5.89. The fraction of sp³-hybridized carbons (Fsp3) is 0.800. The van der Waals surface area contributed by atoms with Gasteiger partial charge < -0.3 is 9.47 Å². The monoisotopic (exact) mass is 652 g/mol. The Labute approximate surface area is 184 Å². The second-order valence-electron chi connectivity index (χ2n) is 4.47. The van der Waals surface area contributed by atoms with Crippen LogP contribution in [0.4, 0.5) is 0 Å². The molecule has 126 valence electrons. The second-order valence-corrected chi connectivity index (χ2v) is 10.8. The van der Waals surface area contributed by atoms with Gasteiger partial charge >= 0.3 is 0 Å². The van der Waals surface area contributed by atoms with Crippen LogP contribution in [0.15, 0.2) is 9.98 Å². The van der Waals surface area contributed by atoms with Gasteiger partial charge in [-0.1, -0.05) is 115 Å². The van der Waals surface area contributed by atoms with E-state index in [1.165, 1.54) is 0 Å². The maximum Gasteiger partial charge on any atom is 0.266 e. The minimum atomic E-state index is -1.75. The van der Waals surface area contributed by atoms with Crippen LogP contribution in [0, 0.1) is 0 Å². The summed E-state index contributed by atoms with van der Waals surface area (Å²) in [6, 6.07) is -0.596. The summed E-state index contributed by atoms with van der Waals surface area (Å²) in [5, 5.41) is 0. The average molecular weight is 655 g/mol. The molecule has 0 aromatic rings. The highest BCUT2D eigenvalue weighted by atomic mass is 127. The number of hydrogen-bond donors (Lipinski definition) is 0. The van der Waals surface area contributed by atoms with Crippen LogP contribution in [0.1, 0.15) is 0 Å². The minimum Gasteiger partial charge on any atom is -0.468 e. The van der Waals surface area contributed by atoms with E-state index < -0.39 is 19.8 Å². The van der Waals surface area contributed by atoms with Gasteiger partial charge in [0, 0.05) is 8.86 Å². The Hall–Kier alpha value is 2.14. The van der Waals surface area contributed by atoms with Crippen LogP contribution in [0.2, 0.25) is 0 Å². The molecule has 0 bridgehead atoms. The lowest BCUT2D eigenvalue weighted by atomic mass is 9.99. The molecule has 0 aromatic carbocycles. The Morgan fingerprint density at radius 1 is 0.773 bits per heavy atom. The van der Waals surface area contributed by atoms with Gasteiger partial charge in [-0.2, -0.15) is 0 Å². The molecule has 0 saturated carbocycles. The molecule has 4 nitrogen and oxygen atoms in total. The Kier molecular flexibility index (Phi) is 7.25. The van der Waals surface area contributed by atoms with Gasteiger partial charge in [-0.15, -0.1) is 0 Å². The van der Waals surface area contributed by atoms with Crippen LogP contribution in [0.25, 0.3) is 0 Å². The Bertz CT molecular complexity index is 449. The van der Waals surface area contributed by atoms with Crippen molar-refractivity contribution in [2.75, 3.05) is 8.86 Å². The number of alkyl halides is 8. The van der Waals surface area contributed by atoms with Crippen LogP contribution in [0.3, 0.4) is 0 Å². The number of fused-ring (bicyclic) bond motifs is 1. The van der Waals surface area contributed by atoms with Crippen molar-refractivity contribution in [3.8, 4) is 0 Å². The van der Waals surface area contributed by atoms with Crippen molar-refractivity contribution in [1.82, 2.24) is 0 Å². The van der Waals surface area contributed by atoms with E-state index in [4.69, 9.17) is 79.1 Å². The number of hydrogen-bond acceptors (Lipinski definition) is 4. The first-order valence-corrected chi connectivity index (χ1v) is 11.1. The van der Waals surface area contributed by atoms with E-state index in [0.29, 0.717) is 8.86 Å². The number of aliphatic imine (C=N–C) groups is 2. The predicted molar refractivity (Wildman–Crippen MR) is 111 cm³/mol. The molecule has 2 aliphatic heterocycles. The van der Waals surface area contributed by atoms with E-state index in [9.17, 15) is 0 Å². The van der Waals surface area contributed by atoms with E-state index in [1.807, 2.05) is 0 Å². The maximum atomic E-state index is 5.89. The standard InChI is InChI=1S/C10H8Cl6I2N2O2/c11-9(12,13)7-19-3(1-17)5-6(22-7)4(2-18)20-8(21-5)10(14,15)16/h3-6H,1-2H2/t3-,4-,5+,6+/m0/s1. The summed E-state index contributed by atoms with van der Waals surface area (Å²) < 4.78 is 9.22. The summed E-state index contributed by atoms with van der Waals surface area (Å²) >= 11 is 39.7. The van der Waals surface area contributed by atoms with Crippen molar-refractivity contribution in [3.05, 3.63) is 0 Å². The summed E-state index contributed by atoms with van der Waals surface area (Å²) in [7, 11) is 0. The quantitative estimate of drug-likeness (QED) is 0.314. The van der Waals surface area contributed by atoms with Crippen LogP contribution in [-0.4, -0.2) is 52.5 Å². The third-order valence-corrected chi connectivity index (χ3v) is 5.72. The summed E-state index contributed by atoms with van der Waals surface area (Å²) in [5.74, 6) is 0.0674. The molecule has 0 unspecified atom stereocenters. The fourth-order valence-electron chi connectivity index (χ4n) is 2.02. The molecular formula is C10H8Cl6I2N2O2. The molecule has 2 heterocycles. The van der Waals surface area contributed by atoms with Gasteiger partial charge in [0.05, 0.1) is 0 Å². The molecule has 0 N–H and O–H groups in total. The van der Waals surface area contributed by atoms with E-state index in [1.54, 1.807) is 0 Å². The van der Waals surface area contributed by atoms with Crippen molar-refractivity contribution >= 4 is 127 Å². The summed E-state index contributed by atoms with van der Waals surface area (Å²) in [4.78, 5) is 8.64. The SMILES string of the molecule is ClC(Cl)(Cl)C1=N[C@@H](CI)[C@H]2OC(C(Cl)(Cl)Cl)=N[C@@H](CI)[C@H]2O1. The van der Waals surface area contributed by atoms with Gasteiger partial charge in [0.15, 0.2) is 12.2 Å². The number of nitrogens with zero attached hydrogens (tertiary/aromatic N) is 2.